The SMILES string of the molecule is CCNC1CCC(Cc2ccc3ccccc3n2)C1C. The van der Waals surface area contributed by atoms with Crippen molar-refractivity contribution in [3.63, 3.8) is 0 Å². The average molecular weight is 268 g/mol. The maximum absolute atomic E-state index is 4.82. The Labute approximate surface area is 121 Å². The van der Waals surface area contributed by atoms with Crippen LogP contribution >= 0.6 is 0 Å². The fourth-order valence-electron chi connectivity index (χ4n) is 3.58. The summed E-state index contributed by atoms with van der Waals surface area (Å²) >= 11 is 0. The fourth-order valence-corrected chi connectivity index (χ4v) is 3.58. The number of para-hydroxylation sites is 1. The van der Waals surface area contributed by atoms with Crippen molar-refractivity contribution < 1.29 is 0 Å². The summed E-state index contributed by atoms with van der Waals surface area (Å²) in [6.07, 6.45) is 3.76. The highest BCUT2D eigenvalue weighted by molar-refractivity contribution is 5.78. The Balaban J connectivity index is 1.73. The van der Waals surface area contributed by atoms with E-state index >= 15 is 0 Å². The van der Waals surface area contributed by atoms with Crippen LogP contribution in [0.5, 0.6) is 0 Å². The van der Waals surface area contributed by atoms with Crippen LogP contribution in [0.4, 0.5) is 0 Å². The van der Waals surface area contributed by atoms with Crippen LogP contribution in [-0.2, 0) is 6.42 Å². The van der Waals surface area contributed by atoms with Gasteiger partial charge in [-0.25, -0.2) is 0 Å². The van der Waals surface area contributed by atoms with Crippen LogP contribution in [0.2, 0.25) is 0 Å². The molecule has 0 amide bonds. The predicted molar refractivity (Wildman–Crippen MR) is 84.8 cm³/mol. The monoisotopic (exact) mass is 268 g/mol. The Morgan fingerprint density at radius 3 is 2.85 bits per heavy atom. The molecule has 1 aliphatic carbocycles. The van der Waals surface area contributed by atoms with E-state index in [-0.39, 0.29) is 0 Å². The largest absolute Gasteiger partial charge is 0.314 e. The zero-order valence-corrected chi connectivity index (χ0v) is 12.5. The molecular formula is C18H24N2. The second kappa shape index (κ2) is 5.92. The molecule has 0 radical (unpaired) electrons. The van der Waals surface area contributed by atoms with E-state index in [1.54, 1.807) is 0 Å². The van der Waals surface area contributed by atoms with Gasteiger partial charge >= 0.3 is 0 Å². The molecule has 3 atom stereocenters. The molecule has 1 saturated carbocycles. The molecular weight excluding hydrogens is 244 g/mol. The number of fused-ring (bicyclic) bond motifs is 1. The first-order chi connectivity index (χ1) is 9.78. The molecule has 0 saturated heterocycles. The summed E-state index contributed by atoms with van der Waals surface area (Å²) in [7, 11) is 0. The lowest BCUT2D eigenvalue weighted by atomic mass is 9.91. The zero-order valence-electron chi connectivity index (χ0n) is 12.5. The molecule has 2 aromatic rings. The lowest BCUT2D eigenvalue weighted by molar-refractivity contribution is 0.353. The van der Waals surface area contributed by atoms with Gasteiger partial charge < -0.3 is 5.32 Å². The molecule has 2 heteroatoms. The molecule has 1 N–H and O–H groups in total. The average Bonchev–Trinajstić information content (AvgIpc) is 2.81. The summed E-state index contributed by atoms with van der Waals surface area (Å²) in [4.78, 5) is 4.82. The Morgan fingerprint density at radius 2 is 2.00 bits per heavy atom. The Hall–Kier alpha value is -1.41. The third-order valence-electron chi connectivity index (χ3n) is 4.82. The zero-order chi connectivity index (χ0) is 13.9. The molecule has 1 fully saturated rings. The van der Waals surface area contributed by atoms with Gasteiger partial charge in [0.1, 0.15) is 0 Å². The molecule has 1 aromatic heterocycles. The summed E-state index contributed by atoms with van der Waals surface area (Å²) in [5.41, 5.74) is 2.37. The number of hydrogen-bond donors (Lipinski definition) is 1. The van der Waals surface area contributed by atoms with Crippen molar-refractivity contribution in [3.8, 4) is 0 Å². The van der Waals surface area contributed by atoms with Crippen molar-refractivity contribution in [2.75, 3.05) is 6.54 Å². The maximum Gasteiger partial charge on any atom is 0.0705 e. The van der Waals surface area contributed by atoms with Gasteiger partial charge in [-0.1, -0.05) is 38.1 Å². The highest BCUT2D eigenvalue weighted by Gasteiger charge is 2.32. The van der Waals surface area contributed by atoms with Crippen molar-refractivity contribution in [2.45, 2.75) is 39.2 Å². The molecule has 1 aromatic carbocycles. The van der Waals surface area contributed by atoms with Gasteiger partial charge in [-0.2, -0.15) is 0 Å². The third kappa shape index (κ3) is 2.71. The minimum absolute atomic E-state index is 0.699. The van der Waals surface area contributed by atoms with Gasteiger partial charge in [0, 0.05) is 17.1 Å². The highest BCUT2D eigenvalue weighted by atomic mass is 14.9. The lowest BCUT2D eigenvalue weighted by Gasteiger charge is -2.21. The van der Waals surface area contributed by atoms with E-state index in [4.69, 9.17) is 4.98 Å². The highest BCUT2D eigenvalue weighted by Crippen LogP contribution is 2.34. The molecule has 106 valence electrons. The summed E-state index contributed by atoms with van der Waals surface area (Å²) in [6.45, 7) is 5.67. The van der Waals surface area contributed by atoms with Crippen molar-refractivity contribution in [1.82, 2.24) is 10.3 Å². The first-order valence-electron chi connectivity index (χ1n) is 7.86. The van der Waals surface area contributed by atoms with Crippen molar-refractivity contribution in [2.24, 2.45) is 11.8 Å². The molecule has 3 unspecified atom stereocenters. The number of pyridine rings is 1. The second-order valence-corrected chi connectivity index (χ2v) is 6.06. The van der Waals surface area contributed by atoms with E-state index < -0.39 is 0 Å². The Bertz CT molecular complexity index is 578. The summed E-state index contributed by atoms with van der Waals surface area (Å²) in [5.74, 6) is 1.52. The van der Waals surface area contributed by atoms with E-state index in [2.05, 4.69) is 55.6 Å². The van der Waals surface area contributed by atoms with Crippen LogP contribution in [0, 0.1) is 11.8 Å². The smallest absolute Gasteiger partial charge is 0.0705 e. The molecule has 20 heavy (non-hydrogen) atoms. The standard InChI is InChI=1S/C18H24N2/c1-3-19-17-11-9-15(13(17)2)12-16-10-8-14-6-4-5-7-18(14)20-16/h4-8,10,13,15,17,19H,3,9,11-12H2,1-2H3. The van der Waals surface area contributed by atoms with Crippen LogP contribution in [0.25, 0.3) is 10.9 Å². The van der Waals surface area contributed by atoms with Gasteiger partial charge in [0.05, 0.1) is 5.52 Å². The van der Waals surface area contributed by atoms with Crippen molar-refractivity contribution in [3.05, 3.63) is 42.1 Å². The summed E-state index contributed by atoms with van der Waals surface area (Å²) in [5, 5.41) is 4.86. The maximum atomic E-state index is 4.82. The van der Waals surface area contributed by atoms with Gasteiger partial charge in [-0.15, -0.1) is 0 Å². The molecule has 0 bridgehead atoms. The van der Waals surface area contributed by atoms with Gasteiger partial charge in [0.15, 0.2) is 0 Å². The molecule has 1 aliphatic rings. The van der Waals surface area contributed by atoms with E-state index in [1.807, 2.05) is 0 Å². The molecule has 3 rings (SSSR count). The van der Waals surface area contributed by atoms with E-state index in [1.165, 1.54) is 23.9 Å². The first kappa shape index (κ1) is 13.6. The predicted octanol–water partition coefficient (Wildman–Crippen LogP) is 3.80. The number of aromatic nitrogens is 1. The molecule has 0 aliphatic heterocycles. The number of benzene rings is 1. The van der Waals surface area contributed by atoms with Gasteiger partial charge in [-0.05, 0) is 49.8 Å². The minimum atomic E-state index is 0.699. The topological polar surface area (TPSA) is 24.9 Å². The number of nitrogens with one attached hydrogen (secondary N) is 1. The third-order valence-corrected chi connectivity index (χ3v) is 4.82. The lowest BCUT2D eigenvalue weighted by Crippen LogP contribution is -2.32. The summed E-state index contributed by atoms with van der Waals surface area (Å²) < 4.78 is 0. The molecule has 1 heterocycles. The molecule has 2 nitrogen and oxygen atoms in total. The Morgan fingerprint density at radius 1 is 1.15 bits per heavy atom. The van der Waals surface area contributed by atoms with Crippen LogP contribution in [0.1, 0.15) is 32.4 Å². The molecule has 0 spiro atoms. The quantitative estimate of drug-likeness (QED) is 0.912. The second-order valence-electron chi connectivity index (χ2n) is 6.06. The summed E-state index contributed by atoms with van der Waals surface area (Å²) in [6, 6.07) is 13.5. The number of nitrogens with zero attached hydrogens (tertiary/aromatic N) is 1. The van der Waals surface area contributed by atoms with Crippen molar-refractivity contribution in [1.29, 1.82) is 0 Å². The fraction of sp³-hybridized carbons (Fsp3) is 0.500. The minimum Gasteiger partial charge on any atom is -0.314 e. The van der Waals surface area contributed by atoms with Gasteiger partial charge in [-0.3, -0.25) is 4.98 Å². The number of rotatable bonds is 4. The van der Waals surface area contributed by atoms with E-state index in [9.17, 15) is 0 Å². The Kier molecular flexibility index (Phi) is 4.02. The van der Waals surface area contributed by atoms with Crippen molar-refractivity contribution >= 4 is 10.9 Å². The van der Waals surface area contributed by atoms with E-state index in [0.29, 0.717) is 6.04 Å². The first-order valence-corrected chi connectivity index (χ1v) is 7.86. The van der Waals surface area contributed by atoms with E-state index in [0.717, 1.165) is 30.3 Å². The van der Waals surface area contributed by atoms with Gasteiger partial charge in [0.2, 0.25) is 0 Å². The normalized spacial score (nSPS) is 26.2. The van der Waals surface area contributed by atoms with Gasteiger partial charge in [0.25, 0.3) is 0 Å². The van der Waals surface area contributed by atoms with Crippen LogP contribution < -0.4 is 5.32 Å². The van der Waals surface area contributed by atoms with Crippen LogP contribution in [0.3, 0.4) is 0 Å². The van der Waals surface area contributed by atoms with Crippen LogP contribution in [-0.4, -0.2) is 17.6 Å². The number of hydrogen-bond acceptors (Lipinski definition) is 2. The van der Waals surface area contributed by atoms with Crippen LogP contribution in [0.15, 0.2) is 36.4 Å².